The van der Waals surface area contributed by atoms with Crippen LogP contribution in [-0.4, -0.2) is 48.5 Å². The van der Waals surface area contributed by atoms with Crippen molar-refractivity contribution in [2.45, 2.75) is 50.6 Å². The number of carbonyl (C=O) groups excluding carboxylic acids is 1. The Hall–Kier alpha value is -2.33. The van der Waals surface area contributed by atoms with Crippen LogP contribution in [0.15, 0.2) is 54.6 Å². The van der Waals surface area contributed by atoms with Gasteiger partial charge >= 0.3 is 0 Å². The molecule has 2 aromatic carbocycles. The quantitative estimate of drug-likeness (QED) is 0.728. The Balaban J connectivity index is 1.43. The summed E-state index contributed by atoms with van der Waals surface area (Å²) in [6.45, 7) is 2.43. The molecule has 0 saturated carbocycles. The second kappa shape index (κ2) is 9.45. The molecule has 2 aliphatic heterocycles. The van der Waals surface area contributed by atoms with E-state index in [1.54, 1.807) is 7.11 Å². The van der Waals surface area contributed by atoms with Gasteiger partial charge in [0.05, 0.1) is 19.7 Å². The van der Waals surface area contributed by atoms with Crippen LogP contribution < -0.4 is 4.74 Å². The number of ether oxygens (including phenoxy) is 1. The molecule has 0 N–H and O–H groups in total. The van der Waals surface area contributed by atoms with Gasteiger partial charge in [0.1, 0.15) is 5.75 Å². The van der Waals surface area contributed by atoms with E-state index >= 15 is 0 Å². The molecule has 154 valence electrons. The molecule has 2 aliphatic rings. The van der Waals surface area contributed by atoms with E-state index < -0.39 is 0 Å². The summed E-state index contributed by atoms with van der Waals surface area (Å²) >= 11 is 0. The highest BCUT2D eigenvalue weighted by Gasteiger charge is 2.32. The van der Waals surface area contributed by atoms with Gasteiger partial charge in [-0.2, -0.15) is 0 Å². The Morgan fingerprint density at radius 3 is 2.69 bits per heavy atom. The van der Waals surface area contributed by atoms with Crippen molar-refractivity contribution >= 4 is 5.91 Å². The number of nitrogens with zero attached hydrogens (tertiary/aromatic N) is 2. The Morgan fingerprint density at radius 1 is 1.00 bits per heavy atom. The lowest BCUT2D eigenvalue weighted by Gasteiger charge is -2.37. The van der Waals surface area contributed by atoms with Gasteiger partial charge in [-0.3, -0.25) is 9.69 Å². The van der Waals surface area contributed by atoms with Crippen molar-refractivity contribution in [3.8, 4) is 5.75 Å². The second-order valence-electron chi connectivity index (χ2n) is 8.33. The highest BCUT2D eigenvalue weighted by atomic mass is 16.5. The third kappa shape index (κ3) is 4.81. The Kier molecular flexibility index (Phi) is 6.50. The van der Waals surface area contributed by atoms with Gasteiger partial charge in [0.25, 0.3) is 0 Å². The average molecular weight is 393 g/mol. The van der Waals surface area contributed by atoms with Crippen LogP contribution in [0.2, 0.25) is 0 Å². The van der Waals surface area contributed by atoms with Crippen LogP contribution in [0.4, 0.5) is 0 Å². The van der Waals surface area contributed by atoms with E-state index in [1.165, 1.54) is 30.4 Å². The summed E-state index contributed by atoms with van der Waals surface area (Å²) in [6.07, 6.45) is 6.78. The summed E-state index contributed by atoms with van der Waals surface area (Å²) in [5, 5.41) is 0. The molecule has 0 bridgehead atoms. The number of carbonyl (C=O) groups is 1. The summed E-state index contributed by atoms with van der Waals surface area (Å²) < 4.78 is 5.39. The van der Waals surface area contributed by atoms with Crippen molar-refractivity contribution in [1.82, 2.24) is 9.80 Å². The topological polar surface area (TPSA) is 32.8 Å². The van der Waals surface area contributed by atoms with Crippen LogP contribution in [-0.2, 0) is 11.2 Å². The van der Waals surface area contributed by atoms with Crippen LogP contribution in [0.25, 0.3) is 0 Å². The Bertz CT molecular complexity index is 807. The van der Waals surface area contributed by atoms with Crippen molar-refractivity contribution in [3.63, 3.8) is 0 Å². The number of likely N-dealkylation sites (tertiary alicyclic amines) is 2. The second-order valence-corrected chi connectivity index (χ2v) is 8.33. The minimum atomic E-state index is 0.176. The van der Waals surface area contributed by atoms with E-state index in [-0.39, 0.29) is 11.9 Å². The Labute approximate surface area is 174 Å². The van der Waals surface area contributed by atoms with Crippen LogP contribution in [0.5, 0.6) is 5.75 Å². The van der Waals surface area contributed by atoms with E-state index in [1.807, 2.05) is 12.1 Å². The lowest BCUT2D eigenvalue weighted by atomic mass is 9.95. The first-order valence-electron chi connectivity index (χ1n) is 11.0. The molecule has 4 rings (SSSR count). The fourth-order valence-electron chi connectivity index (χ4n) is 4.91. The average Bonchev–Trinajstić information content (AvgIpc) is 3.26. The smallest absolute Gasteiger partial charge is 0.237 e. The van der Waals surface area contributed by atoms with E-state index in [0.717, 1.165) is 38.1 Å². The van der Waals surface area contributed by atoms with E-state index in [9.17, 15) is 4.79 Å². The van der Waals surface area contributed by atoms with E-state index in [0.29, 0.717) is 12.6 Å². The molecule has 2 unspecified atom stereocenters. The molecular formula is C25H32N2O2. The molecule has 2 saturated heterocycles. The number of hydrogen-bond acceptors (Lipinski definition) is 3. The predicted molar refractivity (Wildman–Crippen MR) is 116 cm³/mol. The minimum absolute atomic E-state index is 0.176. The van der Waals surface area contributed by atoms with E-state index in [4.69, 9.17) is 4.74 Å². The number of amides is 1. The van der Waals surface area contributed by atoms with Crippen LogP contribution in [0.1, 0.15) is 49.3 Å². The molecule has 2 aromatic rings. The van der Waals surface area contributed by atoms with Gasteiger partial charge in [0, 0.05) is 12.6 Å². The maximum Gasteiger partial charge on any atom is 0.237 e. The fraction of sp³-hybridized carbons (Fsp3) is 0.480. The molecule has 4 heteroatoms. The molecule has 2 atom stereocenters. The predicted octanol–water partition coefficient (Wildman–Crippen LogP) is 4.46. The Morgan fingerprint density at radius 2 is 1.86 bits per heavy atom. The largest absolute Gasteiger partial charge is 0.497 e. The van der Waals surface area contributed by atoms with Crippen molar-refractivity contribution in [2.24, 2.45) is 0 Å². The molecule has 2 fully saturated rings. The summed E-state index contributed by atoms with van der Waals surface area (Å²) in [4.78, 5) is 17.8. The van der Waals surface area contributed by atoms with Gasteiger partial charge in [0.2, 0.25) is 5.91 Å². The van der Waals surface area contributed by atoms with Crippen LogP contribution in [0.3, 0.4) is 0 Å². The highest BCUT2D eigenvalue weighted by molar-refractivity contribution is 5.79. The zero-order valence-corrected chi connectivity index (χ0v) is 17.4. The normalized spacial score (nSPS) is 22.6. The third-order valence-electron chi connectivity index (χ3n) is 6.45. The van der Waals surface area contributed by atoms with Gasteiger partial charge in [-0.25, -0.2) is 0 Å². The molecule has 0 aliphatic carbocycles. The van der Waals surface area contributed by atoms with Crippen LogP contribution >= 0.6 is 0 Å². The molecule has 29 heavy (non-hydrogen) atoms. The lowest BCUT2D eigenvalue weighted by molar-refractivity contribution is -0.134. The van der Waals surface area contributed by atoms with E-state index in [2.05, 4.69) is 52.3 Å². The van der Waals surface area contributed by atoms with Gasteiger partial charge in [-0.05, 0) is 61.9 Å². The summed E-state index contributed by atoms with van der Waals surface area (Å²) in [6, 6.07) is 19.5. The first-order valence-corrected chi connectivity index (χ1v) is 11.0. The van der Waals surface area contributed by atoms with Crippen molar-refractivity contribution in [2.75, 3.05) is 26.7 Å². The van der Waals surface area contributed by atoms with Crippen molar-refractivity contribution in [1.29, 1.82) is 0 Å². The van der Waals surface area contributed by atoms with Gasteiger partial charge < -0.3 is 9.64 Å². The number of hydrogen-bond donors (Lipinski definition) is 0. The highest BCUT2D eigenvalue weighted by Crippen LogP contribution is 2.34. The molecule has 0 radical (unpaired) electrons. The van der Waals surface area contributed by atoms with Crippen molar-refractivity contribution in [3.05, 3.63) is 65.7 Å². The molecule has 4 nitrogen and oxygen atoms in total. The number of methoxy groups -OCH3 is 1. The lowest BCUT2D eigenvalue weighted by Crippen LogP contribution is -2.47. The molecular weight excluding hydrogens is 360 g/mol. The molecule has 0 aromatic heterocycles. The summed E-state index contributed by atoms with van der Waals surface area (Å²) in [5.41, 5.74) is 2.56. The van der Waals surface area contributed by atoms with Crippen LogP contribution in [0, 0.1) is 0 Å². The molecule has 0 spiro atoms. The zero-order chi connectivity index (χ0) is 20.1. The van der Waals surface area contributed by atoms with Gasteiger partial charge in [-0.1, -0.05) is 48.9 Å². The van der Waals surface area contributed by atoms with Gasteiger partial charge in [-0.15, -0.1) is 0 Å². The standard InChI is InChI=1S/C25H32N2O2/c1-29-23-13-7-11-21(18-23)24-14-8-16-27(24)25(28)19-26-15-6-5-12-22(26)17-20-9-3-2-4-10-20/h2-4,7,9-11,13,18,22,24H,5-6,8,12,14-17,19H2,1H3. The monoisotopic (exact) mass is 392 g/mol. The summed E-state index contributed by atoms with van der Waals surface area (Å²) in [7, 11) is 1.69. The molecule has 2 heterocycles. The SMILES string of the molecule is COc1cccc(C2CCCN2C(=O)CN2CCCCC2Cc2ccccc2)c1. The third-order valence-corrected chi connectivity index (χ3v) is 6.45. The summed E-state index contributed by atoms with van der Waals surface area (Å²) in [5.74, 6) is 1.14. The first kappa shape index (κ1) is 20.0. The maximum atomic E-state index is 13.3. The number of rotatable bonds is 6. The minimum Gasteiger partial charge on any atom is -0.497 e. The maximum absolute atomic E-state index is 13.3. The fourth-order valence-corrected chi connectivity index (χ4v) is 4.91. The zero-order valence-electron chi connectivity index (χ0n) is 17.4. The first-order chi connectivity index (χ1) is 14.2. The van der Waals surface area contributed by atoms with Crippen molar-refractivity contribution < 1.29 is 9.53 Å². The number of benzene rings is 2. The van der Waals surface area contributed by atoms with Gasteiger partial charge in [0.15, 0.2) is 0 Å². The molecule has 1 amide bonds. The number of piperidine rings is 1.